The minimum absolute atomic E-state index is 0.245. The normalized spacial score (nSPS) is 10.9. The van der Waals surface area contributed by atoms with Crippen molar-refractivity contribution in [2.24, 2.45) is 5.10 Å². The first-order valence-electron chi connectivity index (χ1n) is 6.02. The quantitative estimate of drug-likeness (QED) is 0.678. The number of rotatable bonds is 3. The van der Waals surface area contributed by atoms with E-state index in [1.54, 1.807) is 18.3 Å². The zero-order chi connectivity index (χ0) is 13.8. The van der Waals surface area contributed by atoms with Crippen LogP contribution in [0.3, 0.4) is 0 Å². The van der Waals surface area contributed by atoms with Crippen molar-refractivity contribution in [1.82, 2.24) is 5.43 Å². The molecule has 2 aromatic rings. The van der Waals surface area contributed by atoms with E-state index in [0.717, 1.165) is 16.7 Å². The van der Waals surface area contributed by atoms with Crippen LogP contribution in [-0.4, -0.2) is 12.1 Å². The molecule has 19 heavy (non-hydrogen) atoms. The minimum Gasteiger partial charge on any atom is -0.459 e. The van der Waals surface area contributed by atoms with Gasteiger partial charge < -0.3 is 4.42 Å². The molecule has 4 nitrogen and oxygen atoms in total. The number of nitrogens with one attached hydrogen (secondary N) is 1. The monoisotopic (exact) mass is 256 g/mol. The van der Waals surface area contributed by atoms with E-state index in [9.17, 15) is 4.79 Å². The van der Waals surface area contributed by atoms with Gasteiger partial charge in [-0.2, -0.15) is 5.10 Å². The number of furan rings is 1. The molecule has 0 saturated heterocycles. The van der Waals surface area contributed by atoms with Crippen LogP contribution in [0.1, 0.15) is 32.8 Å². The van der Waals surface area contributed by atoms with E-state index >= 15 is 0 Å². The van der Waals surface area contributed by atoms with Gasteiger partial charge in [-0.25, -0.2) is 5.43 Å². The largest absolute Gasteiger partial charge is 0.459 e. The van der Waals surface area contributed by atoms with Crippen LogP contribution in [0.15, 0.2) is 40.0 Å². The summed E-state index contributed by atoms with van der Waals surface area (Å²) < 4.78 is 4.98. The highest BCUT2D eigenvalue weighted by molar-refractivity contribution is 5.92. The lowest BCUT2D eigenvalue weighted by atomic mass is 10.0. The van der Waals surface area contributed by atoms with Crippen LogP contribution in [0.2, 0.25) is 0 Å². The van der Waals surface area contributed by atoms with Gasteiger partial charge in [-0.3, -0.25) is 4.79 Å². The third-order valence-corrected chi connectivity index (χ3v) is 2.84. The van der Waals surface area contributed by atoms with Gasteiger partial charge in [0.15, 0.2) is 5.76 Å². The SMILES string of the molecule is Cc1cc(C)c(/C=N/NC(=O)c2ccco2)c(C)c1. The molecule has 2 rings (SSSR count). The van der Waals surface area contributed by atoms with E-state index in [1.807, 2.05) is 13.8 Å². The Hall–Kier alpha value is -2.36. The van der Waals surface area contributed by atoms with Crippen LogP contribution in [0.5, 0.6) is 0 Å². The molecule has 0 fully saturated rings. The highest BCUT2D eigenvalue weighted by atomic mass is 16.3. The van der Waals surface area contributed by atoms with Gasteiger partial charge in [-0.1, -0.05) is 17.7 Å². The summed E-state index contributed by atoms with van der Waals surface area (Å²) in [5.74, 6) is -0.113. The van der Waals surface area contributed by atoms with Crippen molar-refractivity contribution in [1.29, 1.82) is 0 Å². The molecule has 0 aliphatic carbocycles. The van der Waals surface area contributed by atoms with E-state index in [-0.39, 0.29) is 11.7 Å². The summed E-state index contributed by atoms with van der Waals surface area (Å²) in [6.45, 7) is 6.10. The summed E-state index contributed by atoms with van der Waals surface area (Å²) in [5.41, 5.74) is 6.94. The highest BCUT2D eigenvalue weighted by Crippen LogP contribution is 2.14. The summed E-state index contributed by atoms with van der Waals surface area (Å²) in [7, 11) is 0. The molecule has 0 unspecified atom stereocenters. The Kier molecular flexibility index (Phi) is 3.80. The zero-order valence-corrected chi connectivity index (χ0v) is 11.2. The van der Waals surface area contributed by atoms with Gasteiger partial charge in [0, 0.05) is 5.56 Å². The summed E-state index contributed by atoms with van der Waals surface area (Å²) in [6.07, 6.45) is 3.11. The molecular formula is C15H16N2O2. The molecule has 4 heteroatoms. The van der Waals surface area contributed by atoms with E-state index in [2.05, 4.69) is 29.6 Å². The molecule has 1 heterocycles. The summed E-state index contributed by atoms with van der Waals surface area (Å²) in [5, 5.41) is 3.96. The van der Waals surface area contributed by atoms with E-state index in [1.165, 1.54) is 11.8 Å². The van der Waals surface area contributed by atoms with Crippen molar-refractivity contribution in [3.63, 3.8) is 0 Å². The molecule has 0 aliphatic heterocycles. The summed E-state index contributed by atoms with van der Waals surface area (Å²) >= 11 is 0. The van der Waals surface area contributed by atoms with Gasteiger partial charge in [0.25, 0.3) is 0 Å². The molecule has 0 atom stereocenters. The van der Waals surface area contributed by atoms with Crippen molar-refractivity contribution in [3.8, 4) is 0 Å². The van der Waals surface area contributed by atoms with Crippen LogP contribution >= 0.6 is 0 Å². The second kappa shape index (κ2) is 5.52. The summed E-state index contributed by atoms with van der Waals surface area (Å²) in [4.78, 5) is 11.6. The standard InChI is InChI=1S/C15H16N2O2/c1-10-7-11(2)13(12(3)8-10)9-16-17-15(18)14-5-4-6-19-14/h4-9H,1-3H3,(H,17,18)/b16-9+. The van der Waals surface area contributed by atoms with Crippen LogP contribution in [0.25, 0.3) is 0 Å². The van der Waals surface area contributed by atoms with Crippen LogP contribution in [-0.2, 0) is 0 Å². The van der Waals surface area contributed by atoms with Gasteiger partial charge in [-0.05, 0) is 44.0 Å². The lowest BCUT2D eigenvalue weighted by Crippen LogP contribution is -2.16. The smallest absolute Gasteiger partial charge is 0.307 e. The number of hydrogen-bond donors (Lipinski definition) is 1. The molecule has 0 radical (unpaired) electrons. The highest BCUT2D eigenvalue weighted by Gasteiger charge is 2.06. The number of carbonyl (C=O) groups is 1. The minimum atomic E-state index is -0.358. The fraction of sp³-hybridized carbons (Fsp3) is 0.200. The Morgan fingerprint density at radius 2 is 1.95 bits per heavy atom. The van der Waals surface area contributed by atoms with Crippen LogP contribution in [0, 0.1) is 20.8 Å². The fourth-order valence-corrected chi connectivity index (χ4v) is 2.01. The van der Waals surface area contributed by atoms with Gasteiger partial charge >= 0.3 is 5.91 Å². The maximum absolute atomic E-state index is 11.6. The second-order valence-electron chi connectivity index (χ2n) is 4.49. The number of carbonyl (C=O) groups excluding carboxylic acids is 1. The Bertz CT molecular complexity index is 590. The van der Waals surface area contributed by atoms with Crippen molar-refractivity contribution in [2.45, 2.75) is 20.8 Å². The average molecular weight is 256 g/mol. The van der Waals surface area contributed by atoms with Crippen molar-refractivity contribution in [3.05, 3.63) is 58.5 Å². The Morgan fingerprint density at radius 1 is 1.26 bits per heavy atom. The average Bonchev–Trinajstić information content (AvgIpc) is 2.85. The lowest BCUT2D eigenvalue weighted by molar-refractivity contribution is 0.0927. The number of hydrogen-bond acceptors (Lipinski definition) is 3. The zero-order valence-electron chi connectivity index (χ0n) is 11.2. The van der Waals surface area contributed by atoms with E-state index in [4.69, 9.17) is 4.42 Å². The molecule has 1 amide bonds. The Morgan fingerprint density at radius 3 is 2.53 bits per heavy atom. The van der Waals surface area contributed by atoms with Gasteiger partial charge in [-0.15, -0.1) is 0 Å². The predicted octanol–water partition coefficient (Wildman–Crippen LogP) is 2.97. The van der Waals surface area contributed by atoms with Crippen LogP contribution < -0.4 is 5.43 Å². The molecular weight excluding hydrogens is 240 g/mol. The number of aryl methyl sites for hydroxylation is 3. The Balaban J connectivity index is 2.10. The molecule has 0 spiro atoms. The first-order chi connectivity index (χ1) is 9.08. The van der Waals surface area contributed by atoms with Crippen LogP contribution in [0.4, 0.5) is 0 Å². The molecule has 0 bridgehead atoms. The van der Waals surface area contributed by atoms with Gasteiger partial charge in [0.1, 0.15) is 0 Å². The topological polar surface area (TPSA) is 54.6 Å². The maximum Gasteiger partial charge on any atom is 0.307 e. The maximum atomic E-state index is 11.6. The molecule has 1 aromatic carbocycles. The van der Waals surface area contributed by atoms with Crippen molar-refractivity contribution < 1.29 is 9.21 Å². The van der Waals surface area contributed by atoms with Gasteiger partial charge in [0.05, 0.1) is 12.5 Å². The third-order valence-electron chi connectivity index (χ3n) is 2.84. The first kappa shape index (κ1) is 13.1. The summed E-state index contributed by atoms with van der Waals surface area (Å²) in [6, 6.07) is 7.42. The molecule has 1 aromatic heterocycles. The molecule has 1 N–H and O–H groups in total. The third kappa shape index (κ3) is 3.10. The fourth-order valence-electron chi connectivity index (χ4n) is 2.01. The molecule has 98 valence electrons. The van der Waals surface area contributed by atoms with Crippen molar-refractivity contribution in [2.75, 3.05) is 0 Å². The van der Waals surface area contributed by atoms with Crippen molar-refractivity contribution >= 4 is 12.1 Å². The van der Waals surface area contributed by atoms with E-state index in [0.29, 0.717) is 0 Å². The first-order valence-corrected chi connectivity index (χ1v) is 6.02. The van der Waals surface area contributed by atoms with E-state index < -0.39 is 0 Å². The predicted molar refractivity (Wildman–Crippen MR) is 74.4 cm³/mol. The number of amides is 1. The number of benzene rings is 1. The molecule has 0 aliphatic rings. The molecule has 0 saturated carbocycles. The Labute approximate surface area is 112 Å². The number of nitrogens with zero attached hydrogens (tertiary/aromatic N) is 1. The number of hydrazone groups is 1. The second-order valence-corrected chi connectivity index (χ2v) is 4.49. The van der Waals surface area contributed by atoms with Gasteiger partial charge in [0.2, 0.25) is 0 Å². The lowest BCUT2D eigenvalue weighted by Gasteiger charge is -2.06.